The first-order chi connectivity index (χ1) is 7.86. The minimum absolute atomic E-state index is 0.518. The number of imidazole rings is 1. The predicted octanol–water partition coefficient (Wildman–Crippen LogP) is 1.85. The van der Waals surface area contributed by atoms with Crippen molar-refractivity contribution >= 4 is 17.2 Å². The van der Waals surface area contributed by atoms with Gasteiger partial charge in [-0.25, -0.2) is 9.97 Å². The third kappa shape index (κ3) is 1.58. The maximum atomic E-state index is 6.05. The van der Waals surface area contributed by atoms with Crippen molar-refractivity contribution in [3.05, 3.63) is 29.4 Å². The molecular formula is C11H13ClN4. The second-order valence-corrected chi connectivity index (χ2v) is 4.57. The molecule has 1 unspecified atom stereocenters. The number of hydrogen-bond donors (Lipinski definition) is 1. The molecule has 84 valence electrons. The minimum Gasteiger partial charge on any atom is -0.316 e. The molecule has 2 aromatic heterocycles. The number of fused-ring (bicyclic) bond motifs is 1. The van der Waals surface area contributed by atoms with E-state index in [2.05, 4.69) is 15.3 Å². The van der Waals surface area contributed by atoms with E-state index < -0.39 is 0 Å². The summed E-state index contributed by atoms with van der Waals surface area (Å²) in [6.45, 7) is 2.13. The van der Waals surface area contributed by atoms with E-state index in [1.807, 2.05) is 10.6 Å². The third-order valence-corrected chi connectivity index (χ3v) is 3.39. The predicted molar refractivity (Wildman–Crippen MR) is 62.8 cm³/mol. The number of nitrogens with one attached hydrogen (secondary N) is 1. The third-order valence-electron chi connectivity index (χ3n) is 3.12. The fourth-order valence-corrected chi connectivity index (χ4v) is 2.50. The molecule has 0 saturated carbocycles. The Kier molecular flexibility index (Phi) is 2.53. The second-order valence-electron chi connectivity index (χ2n) is 4.16. The zero-order valence-corrected chi connectivity index (χ0v) is 9.61. The average molecular weight is 237 g/mol. The van der Waals surface area contributed by atoms with E-state index in [0.717, 1.165) is 18.7 Å². The first-order valence-corrected chi connectivity index (χ1v) is 5.91. The van der Waals surface area contributed by atoms with E-state index in [0.29, 0.717) is 10.9 Å². The molecule has 1 N–H and O–H groups in total. The van der Waals surface area contributed by atoms with E-state index in [1.165, 1.54) is 18.5 Å². The van der Waals surface area contributed by atoms with E-state index in [-0.39, 0.29) is 0 Å². The van der Waals surface area contributed by atoms with E-state index in [4.69, 9.17) is 11.6 Å². The lowest BCUT2D eigenvalue weighted by atomic mass is 9.97. The highest BCUT2D eigenvalue weighted by Crippen LogP contribution is 2.25. The van der Waals surface area contributed by atoms with Crippen LogP contribution in [0.5, 0.6) is 0 Å². The Hall–Kier alpha value is -1.13. The van der Waals surface area contributed by atoms with Crippen molar-refractivity contribution in [2.75, 3.05) is 13.1 Å². The lowest BCUT2D eigenvalue weighted by molar-refractivity contribution is 0.452. The first-order valence-electron chi connectivity index (χ1n) is 5.53. The Morgan fingerprint density at radius 2 is 2.38 bits per heavy atom. The van der Waals surface area contributed by atoms with Gasteiger partial charge in [0.25, 0.3) is 0 Å². The topological polar surface area (TPSA) is 42.2 Å². The molecule has 1 aliphatic heterocycles. The van der Waals surface area contributed by atoms with Crippen LogP contribution < -0.4 is 5.32 Å². The van der Waals surface area contributed by atoms with E-state index in [9.17, 15) is 0 Å². The number of piperidine rings is 1. The van der Waals surface area contributed by atoms with Gasteiger partial charge >= 0.3 is 0 Å². The number of halogens is 1. The Labute approximate surface area is 98.7 Å². The highest BCUT2D eigenvalue weighted by atomic mass is 35.5. The molecule has 0 aliphatic carbocycles. The van der Waals surface area contributed by atoms with Gasteiger partial charge in [0, 0.05) is 24.4 Å². The van der Waals surface area contributed by atoms with Gasteiger partial charge in [-0.05, 0) is 19.4 Å². The molecule has 16 heavy (non-hydrogen) atoms. The average Bonchev–Trinajstić information content (AvgIpc) is 2.75. The molecule has 1 atom stereocenters. The molecule has 1 aliphatic rings. The summed E-state index contributed by atoms with van der Waals surface area (Å²) in [4.78, 5) is 8.47. The Morgan fingerprint density at radius 1 is 1.44 bits per heavy atom. The first kappa shape index (κ1) is 10.1. The molecule has 0 spiro atoms. The maximum absolute atomic E-state index is 6.05. The molecule has 0 radical (unpaired) electrons. The molecule has 3 heterocycles. The number of aromatic nitrogens is 3. The molecule has 1 saturated heterocycles. The zero-order valence-electron chi connectivity index (χ0n) is 8.86. The Balaban J connectivity index is 2.06. The monoisotopic (exact) mass is 236 g/mol. The summed E-state index contributed by atoms with van der Waals surface area (Å²) < 4.78 is 2.00. The molecule has 1 fully saturated rings. The van der Waals surface area contributed by atoms with Gasteiger partial charge in [0.2, 0.25) is 0 Å². The fourth-order valence-electron chi connectivity index (χ4n) is 2.30. The largest absolute Gasteiger partial charge is 0.316 e. The SMILES string of the molecule is Clc1cncn2c(C3CCCNC3)cnc12. The van der Waals surface area contributed by atoms with Crippen LogP contribution in [-0.4, -0.2) is 27.5 Å². The van der Waals surface area contributed by atoms with Crippen molar-refractivity contribution in [2.45, 2.75) is 18.8 Å². The highest BCUT2D eigenvalue weighted by Gasteiger charge is 2.19. The van der Waals surface area contributed by atoms with Gasteiger partial charge in [0.15, 0.2) is 5.65 Å². The summed E-state index contributed by atoms with van der Waals surface area (Å²) in [7, 11) is 0. The molecule has 0 aromatic carbocycles. The quantitative estimate of drug-likeness (QED) is 0.822. The number of nitrogens with zero attached hydrogens (tertiary/aromatic N) is 3. The lowest BCUT2D eigenvalue weighted by Gasteiger charge is -2.22. The maximum Gasteiger partial charge on any atom is 0.158 e. The van der Waals surface area contributed by atoms with Crippen LogP contribution in [0.1, 0.15) is 24.5 Å². The summed E-state index contributed by atoms with van der Waals surface area (Å²) in [6.07, 6.45) is 7.75. The Morgan fingerprint density at radius 3 is 3.19 bits per heavy atom. The van der Waals surface area contributed by atoms with Gasteiger partial charge in [-0.3, -0.25) is 4.40 Å². The lowest BCUT2D eigenvalue weighted by Crippen LogP contribution is -2.29. The van der Waals surface area contributed by atoms with Crippen LogP contribution >= 0.6 is 11.6 Å². The smallest absolute Gasteiger partial charge is 0.158 e. The minimum atomic E-state index is 0.518. The molecular weight excluding hydrogens is 224 g/mol. The molecule has 0 bridgehead atoms. The van der Waals surface area contributed by atoms with Crippen LogP contribution in [0.15, 0.2) is 18.7 Å². The van der Waals surface area contributed by atoms with Gasteiger partial charge in [-0.1, -0.05) is 11.6 Å². The van der Waals surface area contributed by atoms with Crippen molar-refractivity contribution in [1.29, 1.82) is 0 Å². The van der Waals surface area contributed by atoms with Crippen LogP contribution in [-0.2, 0) is 0 Å². The van der Waals surface area contributed by atoms with Gasteiger partial charge in [-0.15, -0.1) is 0 Å². The molecule has 5 heteroatoms. The molecule has 0 amide bonds. The van der Waals surface area contributed by atoms with Crippen molar-refractivity contribution in [2.24, 2.45) is 0 Å². The van der Waals surface area contributed by atoms with Gasteiger partial charge in [0.05, 0.1) is 6.20 Å². The van der Waals surface area contributed by atoms with Crippen LogP contribution in [0.2, 0.25) is 5.02 Å². The Bertz CT molecular complexity index is 502. The molecule has 4 nitrogen and oxygen atoms in total. The highest BCUT2D eigenvalue weighted by molar-refractivity contribution is 6.33. The summed E-state index contributed by atoms with van der Waals surface area (Å²) in [6, 6.07) is 0. The summed E-state index contributed by atoms with van der Waals surface area (Å²) in [5.41, 5.74) is 2.01. The van der Waals surface area contributed by atoms with Crippen molar-refractivity contribution in [3.8, 4) is 0 Å². The standard InChI is InChI=1S/C11H13ClN4/c12-9-5-14-7-16-10(6-15-11(9)16)8-2-1-3-13-4-8/h5-8,13H,1-4H2. The second kappa shape index (κ2) is 4.03. The summed E-state index contributed by atoms with van der Waals surface area (Å²) >= 11 is 6.05. The van der Waals surface area contributed by atoms with Crippen molar-refractivity contribution in [1.82, 2.24) is 19.7 Å². The van der Waals surface area contributed by atoms with Crippen LogP contribution in [0.3, 0.4) is 0 Å². The van der Waals surface area contributed by atoms with Crippen LogP contribution in [0, 0.1) is 0 Å². The van der Waals surface area contributed by atoms with Gasteiger partial charge in [0.1, 0.15) is 11.3 Å². The fraction of sp³-hybridized carbons (Fsp3) is 0.455. The number of hydrogen-bond acceptors (Lipinski definition) is 3. The number of rotatable bonds is 1. The van der Waals surface area contributed by atoms with Crippen LogP contribution in [0.4, 0.5) is 0 Å². The zero-order chi connectivity index (χ0) is 11.0. The van der Waals surface area contributed by atoms with Crippen molar-refractivity contribution < 1.29 is 0 Å². The van der Waals surface area contributed by atoms with Gasteiger partial charge in [-0.2, -0.15) is 0 Å². The van der Waals surface area contributed by atoms with E-state index in [1.54, 1.807) is 12.5 Å². The van der Waals surface area contributed by atoms with Crippen molar-refractivity contribution in [3.63, 3.8) is 0 Å². The summed E-state index contributed by atoms with van der Waals surface area (Å²) in [5.74, 6) is 0.518. The van der Waals surface area contributed by atoms with E-state index >= 15 is 0 Å². The van der Waals surface area contributed by atoms with Gasteiger partial charge < -0.3 is 5.32 Å². The van der Waals surface area contributed by atoms with Crippen LogP contribution in [0.25, 0.3) is 5.65 Å². The molecule has 2 aromatic rings. The summed E-state index contributed by atoms with van der Waals surface area (Å²) in [5, 5.41) is 4.02. The normalized spacial score (nSPS) is 21.4. The molecule has 3 rings (SSSR count).